The molecule has 0 amide bonds. The maximum atomic E-state index is 13.2. The Balaban J connectivity index is 1.40. The van der Waals surface area contributed by atoms with Gasteiger partial charge in [0.1, 0.15) is 5.82 Å². The zero-order valence-corrected chi connectivity index (χ0v) is 21.2. The van der Waals surface area contributed by atoms with E-state index >= 15 is 0 Å². The van der Waals surface area contributed by atoms with Crippen molar-refractivity contribution >= 4 is 17.5 Å². The van der Waals surface area contributed by atoms with Crippen molar-refractivity contribution in [2.75, 3.05) is 57.3 Å². The summed E-state index contributed by atoms with van der Waals surface area (Å²) in [6.45, 7) is 5.16. The molecule has 188 valence electrons. The van der Waals surface area contributed by atoms with Crippen LogP contribution >= 0.6 is 0 Å². The molecule has 1 aromatic carbocycles. The van der Waals surface area contributed by atoms with Crippen LogP contribution in [0.4, 0.5) is 11.8 Å². The van der Waals surface area contributed by atoms with Gasteiger partial charge >= 0.3 is 0 Å². The van der Waals surface area contributed by atoms with E-state index < -0.39 is 0 Å². The van der Waals surface area contributed by atoms with Gasteiger partial charge in [0.15, 0.2) is 17.3 Å². The zero-order chi connectivity index (χ0) is 25.2. The first kappa shape index (κ1) is 23.8. The number of pyridine rings is 1. The standard InChI is InChI=1S/C27H31N5O4/c1-17-25-20(30-27(29-17)32-11-9-31(10-12-32)24-7-5-6-8-28-24)13-18(14-21(25)33)19-15-22(34-2)26(36-4)23(16-19)35-3/h5-8,15-16,18H,9-14H2,1-4H3/t18-/m0/s1. The molecule has 1 saturated heterocycles. The van der Waals surface area contributed by atoms with Crippen molar-refractivity contribution < 1.29 is 19.0 Å². The number of nitrogens with zero attached hydrogens (tertiary/aromatic N) is 5. The van der Waals surface area contributed by atoms with E-state index in [1.165, 1.54) is 0 Å². The van der Waals surface area contributed by atoms with Crippen LogP contribution in [0.25, 0.3) is 0 Å². The number of aryl methyl sites for hydroxylation is 1. The van der Waals surface area contributed by atoms with Crippen LogP contribution in [0.2, 0.25) is 0 Å². The quantitative estimate of drug-likeness (QED) is 0.516. The van der Waals surface area contributed by atoms with Crippen LogP contribution in [0.5, 0.6) is 17.2 Å². The number of aromatic nitrogens is 3. The summed E-state index contributed by atoms with van der Waals surface area (Å²) in [5.74, 6) is 3.40. The average Bonchev–Trinajstić information content (AvgIpc) is 2.92. The Morgan fingerprint density at radius 3 is 2.19 bits per heavy atom. The maximum absolute atomic E-state index is 13.2. The third kappa shape index (κ3) is 4.41. The second-order valence-corrected chi connectivity index (χ2v) is 9.08. The molecule has 9 heteroatoms. The lowest BCUT2D eigenvalue weighted by Gasteiger charge is -2.36. The Morgan fingerprint density at radius 2 is 1.58 bits per heavy atom. The number of ether oxygens (including phenoxy) is 3. The van der Waals surface area contributed by atoms with Gasteiger partial charge in [0.05, 0.1) is 38.3 Å². The number of benzene rings is 1. The summed E-state index contributed by atoms with van der Waals surface area (Å²) in [6, 6.07) is 9.82. The maximum Gasteiger partial charge on any atom is 0.225 e. The predicted octanol–water partition coefficient (Wildman–Crippen LogP) is 3.45. The van der Waals surface area contributed by atoms with Gasteiger partial charge in [-0.25, -0.2) is 15.0 Å². The Labute approximate surface area is 211 Å². The van der Waals surface area contributed by atoms with Crippen LogP contribution in [-0.2, 0) is 6.42 Å². The van der Waals surface area contributed by atoms with Crippen molar-refractivity contribution in [3.05, 3.63) is 59.0 Å². The Bertz CT molecular complexity index is 1230. The molecule has 3 aromatic rings. The molecule has 1 fully saturated rings. The smallest absolute Gasteiger partial charge is 0.225 e. The number of hydrogen-bond donors (Lipinski definition) is 0. The summed E-state index contributed by atoms with van der Waals surface area (Å²) in [5.41, 5.74) is 3.18. The van der Waals surface area contributed by atoms with Gasteiger partial charge in [0.2, 0.25) is 11.7 Å². The monoisotopic (exact) mass is 489 g/mol. The largest absolute Gasteiger partial charge is 0.493 e. The number of fused-ring (bicyclic) bond motifs is 1. The normalized spacial score (nSPS) is 17.6. The first-order valence-electron chi connectivity index (χ1n) is 12.1. The third-order valence-electron chi connectivity index (χ3n) is 7.00. The van der Waals surface area contributed by atoms with Crippen LogP contribution < -0.4 is 24.0 Å². The lowest BCUT2D eigenvalue weighted by atomic mass is 9.81. The highest BCUT2D eigenvalue weighted by molar-refractivity contribution is 5.99. The van der Waals surface area contributed by atoms with E-state index in [0.717, 1.165) is 48.9 Å². The number of Topliss-reactive ketones (excluding diaryl/α,β-unsaturated/α-hetero) is 1. The summed E-state index contributed by atoms with van der Waals surface area (Å²) >= 11 is 0. The molecule has 9 nitrogen and oxygen atoms in total. The van der Waals surface area contributed by atoms with Gasteiger partial charge in [-0.15, -0.1) is 0 Å². The second kappa shape index (κ2) is 10.0. The highest BCUT2D eigenvalue weighted by atomic mass is 16.5. The molecule has 1 atom stereocenters. The first-order chi connectivity index (χ1) is 17.5. The molecule has 5 rings (SSSR count). The molecule has 3 heterocycles. The summed E-state index contributed by atoms with van der Waals surface area (Å²) in [4.78, 5) is 31.8. The number of hydrogen-bond acceptors (Lipinski definition) is 9. The van der Waals surface area contributed by atoms with Crippen molar-refractivity contribution in [1.29, 1.82) is 0 Å². The fraction of sp³-hybridized carbons (Fsp3) is 0.407. The molecule has 0 saturated carbocycles. The highest BCUT2D eigenvalue weighted by Crippen LogP contribution is 2.43. The van der Waals surface area contributed by atoms with Crippen LogP contribution in [0.1, 0.15) is 39.6 Å². The van der Waals surface area contributed by atoms with Crippen molar-refractivity contribution in [3.8, 4) is 17.2 Å². The van der Waals surface area contributed by atoms with E-state index in [9.17, 15) is 4.79 Å². The lowest BCUT2D eigenvalue weighted by molar-refractivity contribution is 0.0961. The molecule has 0 radical (unpaired) electrons. The van der Waals surface area contributed by atoms with Gasteiger partial charge in [-0.3, -0.25) is 4.79 Å². The Morgan fingerprint density at radius 1 is 0.889 bits per heavy atom. The summed E-state index contributed by atoms with van der Waals surface area (Å²) in [6.07, 6.45) is 2.85. The van der Waals surface area contributed by atoms with Gasteiger partial charge in [-0.2, -0.15) is 0 Å². The van der Waals surface area contributed by atoms with E-state index in [1.807, 2.05) is 43.5 Å². The van der Waals surface area contributed by atoms with Crippen molar-refractivity contribution in [2.24, 2.45) is 0 Å². The number of methoxy groups -OCH3 is 3. The number of carbonyl (C=O) groups excluding carboxylic acids is 1. The fourth-order valence-electron chi connectivity index (χ4n) is 5.15. The van der Waals surface area contributed by atoms with Crippen LogP contribution in [0, 0.1) is 6.92 Å². The first-order valence-corrected chi connectivity index (χ1v) is 12.1. The summed E-state index contributed by atoms with van der Waals surface area (Å²) in [7, 11) is 4.77. The van der Waals surface area contributed by atoms with Crippen molar-refractivity contribution in [1.82, 2.24) is 15.0 Å². The molecule has 0 unspecified atom stereocenters. The molecule has 1 aliphatic heterocycles. The molecule has 0 bridgehead atoms. The number of ketones is 1. The second-order valence-electron chi connectivity index (χ2n) is 9.08. The van der Waals surface area contributed by atoms with Crippen LogP contribution in [-0.4, -0.2) is 68.2 Å². The minimum absolute atomic E-state index is 0.0399. The van der Waals surface area contributed by atoms with E-state index in [-0.39, 0.29) is 11.7 Å². The van der Waals surface area contributed by atoms with Gasteiger partial charge in [0.25, 0.3) is 0 Å². The van der Waals surface area contributed by atoms with Gasteiger partial charge in [-0.05, 0) is 49.1 Å². The molecule has 0 N–H and O–H groups in total. The van der Waals surface area contributed by atoms with Crippen LogP contribution in [0.3, 0.4) is 0 Å². The van der Waals surface area contributed by atoms with E-state index in [2.05, 4.69) is 14.8 Å². The fourth-order valence-corrected chi connectivity index (χ4v) is 5.15. The topological polar surface area (TPSA) is 89.9 Å². The lowest BCUT2D eigenvalue weighted by Crippen LogP contribution is -2.47. The molecular weight excluding hydrogens is 458 g/mol. The average molecular weight is 490 g/mol. The minimum Gasteiger partial charge on any atom is -0.493 e. The predicted molar refractivity (Wildman–Crippen MR) is 137 cm³/mol. The third-order valence-corrected chi connectivity index (χ3v) is 7.00. The van der Waals surface area contributed by atoms with E-state index in [4.69, 9.17) is 24.2 Å². The zero-order valence-electron chi connectivity index (χ0n) is 21.2. The van der Waals surface area contributed by atoms with Crippen molar-refractivity contribution in [2.45, 2.75) is 25.7 Å². The van der Waals surface area contributed by atoms with Gasteiger partial charge in [-0.1, -0.05) is 6.07 Å². The molecule has 1 aliphatic carbocycles. The molecule has 36 heavy (non-hydrogen) atoms. The SMILES string of the molecule is COc1cc([C@@H]2CC(=O)c3c(C)nc(N4CCN(c5ccccn5)CC4)nc3C2)cc(OC)c1OC. The number of carbonyl (C=O) groups is 1. The molecule has 2 aromatic heterocycles. The van der Waals surface area contributed by atoms with E-state index in [1.54, 1.807) is 21.3 Å². The Kier molecular flexibility index (Phi) is 6.63. The van der Waals surface area contributed by atoms with Crippen molar-refractivity contribution in [3.63, 3.8) is 0 Å². The molecular formula is C27H31N5O4. The number of rotatable bonds is 6. The van der Waals surface area contributed by atoms with E-state index in [0.29, 0.717) is 41.6 Å². The highest BCUT2D eigenvalue weighted by Gasteiger charge is 2.32. The summed E-state index contributed by atoms with van der Waals surface area (Å²) in [5, 5.41) is 0. The molecule has 0 spiro atoms. The summed E-state index contributed by atoms with van der Waals surface area (Å²) < 4.78 is 16.5. The minimum atomic E-state index is -0.0399. The number of anilines is 2. The van der Waals surface area contributed by atoms with Gasteiger partial charge in [0, 0.05) is 38.8 Å². The number of piperazine rings is 1. The Hall–Kier alpha value is -3.88. The van der Waals surface area contributed by atoms with Gasteiger partial charge < -0.3 is 24.0 Å². The van der Waals surface area contributed by atoms with Crippen LogP contribution in [0.15, 0.2) is 36.5 Å². The molecule has 2 aliphatic rings.